The molecule has 1 heterocycles. The molecule has 120 valence electrons. The van der Waals surface area contributed by atoms with Gasteiger partial charge in [0.25, 0.3) is 5.91 Å². The molecule has 5 heteroatoms. The van der Waals surface area contributed by atoms with Crippen molar-refractivity contribution in [1.29, 1.82) is 0 Å². The zero-order chi connectivity index (χ0) is 16.9. The fourth-order valence-electron chi connectivity index (χ4n) is 2.55. The van der Waals surface area contributed by atoms with Gasteiger partial charge in [0.15, 0.2) is 0 Å². The summed E-state index contributed by atoms with van der Waals surface area (Å²) in [6.07, 6.45) is 8.37. The van der Waals surface area contributed by atoms with Crippen LogP contribution in [0.4, 0.5) is 0 Å². The first-order valence-corrected chi connectivity index (χ1v) is 7.49. The molecule has 0 atom stereocenters. The van der Waals surface area contributed by atoms with Crippen LogP contribution in [0.3, 0.4) is 0 Å². The van der Waals surface area contributed by atoms with Gasteiger partial charge >= 0.3 is 0 Å². The number of hydroxylamine groups is 1. The van der Waals surface area contributed by atoms with E-state index in [9.17, 15) is 4.79 Å². The normalized spacial score (nSPS) is 10.9. The summed E-state index contributed by atoms with van der Waals surface area (Å²) in [6, 6.07) is 14.2. The molecular weight excluding hydrogens is 302 g/mol. The number of rotatable bonds is 4. The third-order valence-electron chi connectivity index (χ3n) is 3.77. The van der Waals surface area contributed by atoms with Crippen LogP contribution in [0.25, 0.3) is 22.9 Å². The summed E-state index contributed by atoms with van der Waals surface area (Å²) in [6.45, 7) is 2.03. The van der Waals surface area contributed by atoms with Crippen LogP contribution in [0.2, 0.25) is 0 Å². The number of nitrogens with one attached hydrogen (secondary N) is 1. The Bertz CT molecular complexity index is 866. The average Bonchev–Trinajstić information content (AvgIpc) is 3.14. The molecule has 0 bridgehead atoms. The van der Waals surface area contributed by atoms with Crippen LogP contribution >= 0.6 is 0 Å². The molecule has 1 aromatic heterocycles. The Morgan fingerprint density at radius 3 is 2.62 bits per heavy atom. The Hall–Kier alpha value is -3.18. The zero-order valence-electron chi connectivity index (χ0n) is 13.2. The molecule has 0 aliphatic carbocycles. The minimum atomic E-state index is -0.549. The van der Waals surface area contributed by atoms with E-state index >= 15 is 0 Å². The lowest BCUT2D eigenvalue weighted by atomic mass is 9.98. The number of hydrogen-bond donors (Lipinski definition) is 2. The number of nitrogens with zero attached hydrogens (tertiary/aromatic N) is 2. The minimum Gasteiger partial charge on any atom is -0.306 e. The highest BCUT2D eigenvalue weighted by Gasteiger charge is 2.04. The second-order valence-corrected chi connectivity index (χ2v) is 5.40. The van der Waals surface area contributed by atoms with Crippen LogP contribution in [0, 0.1) is 6.92 Å². The van der Waals surface area contributed by atoms with Gasteiger partial charge in [-0.05, 0) is 47.4 Å². The number of amides is 1. The number of aryl methyl sites for hydroxylation is 1. The molecule has 0 radical (unpaired) electrons. The van der Waals surface area contributed by atoms with E-state index in [4.69, 9.17) is 5.21 Å². The average molecular weight is 319 g/mol. The topological polar surface area (TPSA) is 67.2 Å². The summed E-state index contributed by atoms with van der Waals surface area (Å²) < 4.78 is 1.96. The number of hydrogen-bond acceptors (Lipinski definition) is 3. The van der Waals surface area contributed by atoms with Crippen molar-refractivity contribution in [3.05, 3.63) is 78.4 Å². The lowest BCUT2D eigenvalue weighted by Crippen LogP contribution is -2.14. The second-order valence-electron chi connectivity index (χ2n) is 5.40. The molecule has 5 nitrogen and oxygen atoms in total. The van der Waals surface area contributed by atoms with E-state index in [-0.39, 0.29) is 0 Å². The van der Waals surface area contributed by atoms with Crippen LogP contribution < -0.4 is 5.48 Å². The van der Waals surface area contributed by atoms with Crippen LogP contribution in [0.5, 0.6) is 0 Å². The van der Waals surface area contributed by atoms with Crippen molar-refractivity contribution in [3.63, 3.8) is 0 Å². The lowest BCUT2D eigenvalue weighted by molar-refractivity contribution is -0.124. The number of carbonyl (C=O) groups excluding carboxylic acids is 1. The van der Waals surface area contributed by atoms with Crippen molar-refractivity contribution in [1.82, 2.24) is 15.0 Å². The van der Waals surface area contributed by atoms with Gasteiger partial charge < -0.3 is 4.57 Å². The Labute approximate surface area is 139 Å². The molecule has 3 aromatic rings. The maximum absolute atomic E-state index is 11.0. The summed E-state index contributed by atoms with van der Waals surface area (Å²) in [5.41, 5.74) is 6.90. The predicted molar refractivity (Wildman–Crippen MR) is 92.7 cm³/mol. The lowest BCUT2D eigenvalue weighted by Gasteiger charge is -2.09. The zero-order valence-corrected chi connectivity index (χ0v) is 13.2. The van der Waals surface area contributed by atoms with E-state index in [1.165, 1.54) is 6.08 Å². The van der Waals surface area contributed by atoms with Gasteiger partial charge in [0.2, 0.25) is 0 Å². The highest BCUT2D eigenvalue weighted by Crippen LogP contribution is 2.25. The third-order valence-corrected chi connectivity index (χ3v) is 3.77. The van der Waals surface area contributed by atoms with Crippen LogP contribution in [0.1, 0.15) is 11.1 Å². The molecule has 0 saturated carbocycles. The van der Waals surface area contributed by atoms with Gasteiger partial charge in [-0.3, -0.25) is 10.0 Å². The predicted octanol–water partition coefficient (Wildman–Crippen LogP) is 3.37. The van der Waals surface area contributed by atoms with Gasteiger partial charge in [0, 0.05) is 24.2 Å². The van der Waals surface area contributed by atoms with Crippen LogP contribution in [-0.2, 0) is 4.79 Å². The maximum Gasteiger partial charge on any atom is 0.267 e. The van der Waals surface area contributed by atoms with E-state index in [1.807, 2.05) is 35.9 Å². The summed E-state index contributed by atoms with van der Waals surface area (Å²) in [4.78, 5) is 15.1. The maximum atomic E-state index is 11.0. The molecule has 0 aliphatic heterocycles. The molecule has 3 rings (SSSR count). The molecule has 24 heavy (non-hydrogen) atoms. The van der Waals surface area contributed by atoms with Crippen LogP contribution in [0.15, 0.2) is 67.3 Å². The Morgan fingerprint density at radius 1 is 1.21 bits per heavy atom. The standard InChI is InChI=1S/C19H17N3O2/c1-14-12-15(3-9-19(23)21-24)2-8-18(14)16-4-6-17(7-5-16)22-11-10-20-13-22/h2-13,24H,1H3,(H,21,23)/b9-3+. The van der Waals surface area contributed by atoms with Gasteiger partial charge in [-0.1, -0.05) is 30.3 Å². The van der Waals surface area contributed by atoms with E-state index in [0.29, 0.717) is 0 Å². The summed E-state index contributed by atoms with van der Waals surface area (Å²) in [5, 5.41) is 8.49. The van der Waals surface area contributed by atoms with Crippen molar-refractivity contribution in [2.24, 2.45) is 0 Å². The molecule has 0 spiro atoms. The Morgan fingerprint density at radius 2 is 2.00 bits per heavy atom. The van der Waals surface area contributed by atoms with Gasteiger partial charge in [-0.25, -0.2) is 10.5 Å². The number of carbonyl (C=O) groups is 1. The second kappa shape index (κ2) is 6.93. The summed E-state index contributed by atoms with van der Waals surface area (Å²) in [5.74, 6) is -0.549. The van der Waals surface area contributed by atoms with Crippen molar-refractivity contribution in [2.75, 3.05) is 0 Å². The van der Waals surface area contributed by atoms with Gasteiger partial charge in [0.05, 0.1) is 6.33 Å². The van der Waals surface area contributed by atoms with Crippen molar-refractivity contribution < 1.29 is 10.0 Å². The molecule has 0 saturated heterocycles. The van der Waals surface area contributed by atoms with Gasteiger partial charge in [-0.2, -0.15) is 0 Å². The fraction of sp³-hybridized carbons (Fsp3) is 0.0526. The van der Waals surface area contributed by atoms with Crippen molar-refractivity contribution in [2.45, 2.75) is 6.92 Å². The fourth-order valence-corrected chi connectivity index (χ4v) is 2.55. The summed E-state index contributed by atoms with van der Waals surface area (Å²) in [7, 11) is 0. The first-order chi connectivity index (χ1) is 11.7. The first-order valence-electron chi connectivity index (χ1n) is 7.49. The van der Waals surface area contributed by atoms with E-state index in [1.54, 1.807) is 24.1 Å². The third kappa shape index (κ3) is 3.42. The van der Waals surface area contributed by atoms with Gasteiger partial charge in [0.1, 0.15) is 0 Å². The number of benzene rings is 2. The monoisotopic (exact) mass is 319 g/mol. The minimum absolute atomic E-state index is 0.549. The Kier molecular flexibility index (Phi) is 4.54. The number of imidazole rings is 1. The smallest absolute Gasteiger partial charge is 0.267 e. The van der Waals surface area contributed by atoms with Crippen molar-refractivity contribution >= 4 is 12.0 Å². The molecule has 2 N–H and O–H groups in total. The highest BCUT2D eigenvalue weighted by molar-refractivity contribution is 5.91. The molecule has 0 fully saturated rings. The molecule has 0 unspecified atom stereocenters. The van der Waals surface area contributed by atoms with E-state index in [0.717, 1.165) is 27.9 Å². The van der Waals surface area contributed by atoms with Crippen LogP contribution in [-0.4, -0.2) is 20.7 Å². The van der Waals surface area contributed by atoms with Gasteiger partial charge in [-0.15, -0.1) is 0 Å². The molecular formula is C19H17N3O2. The van der Waals surface area contributed by atoms with E-state index < -0.39 is 5.91 Å². The summed E-state index contributed by atoms with van der Waals surface area (Å²) >= 11 is 0. The molecule has 0 aliphatic rings. The SMILES string of the molecule is Cc1cc(/C=C/C(=O)NO)ccc1-c1ccc(-n2ccnc2)cc1. The Balaban J connectivity index is 1.84. The first kappa shape index (κ1) is 15.7. The largest absolute Gasteiger partial charge is 0.306 e. The van der Waals surface area contributed by atoms with E-state index in [2.05, 4.69) is 29.2 Å². The highest BCUT2D eigenvalue weighted by atomic mass is 16.5. The molecule has 2 aromatic carbocycles. The van der Waals surface area contributed by atoms with Crippen molar-refractivity contribution in [3.8, 4) is 16.8 Å². The quantitative estimate of drug-likeness (QED) is 0.440. The molecule has 1 amide bonds. The number of aromatic nitrogens is 2.